The van der Waals surface area contributed by atoms with E-state index >= 15 is 0 Å². The molecule has 1 atom stereocenters. The van der Waals surface area contributed by atoms with E-state index in [0.717, 1.165) is 23.9 Å². The van der Waals surface area contributed by atoms with Crippen molar-refractivity contribution < 1.29 is 8.78 Å². The molecule has 1 N–H and O–H groups in total. The molecule has 0 aliphatic rings. The van der Waals surface area contributed by atoms with E-state index in [-0.39, 0.29) is 11.7 Å². The number of hydrogen-bond donors (Lipinski definition) is 1. The van der Waals surface area contributed by atoms with Crippen LogP contribution in [0, 0.1) is 11.6 Å². The molecule has 0 saturated heterocycles. The SMILES string of the molecule is CCc1c(C(CC)NC)nnn1-c1c(F)cc(F)cc1Br. The molecule has 1 heterocycles. The number of rotatable bonds is 5. The van der Waals surface area contributed by atoms with Crippen molar-refractivity contribution in [2.24, 2.45) is 0 Å². The second kappa shape index (κ2) is 6.62. The van der Waals surface area contributed by atoms with Crippen LogP contribution in [-0.4, -0.2) is 22.0 Å². The zero-order valence-corrected chi connectivity index (χ0v) is 13.7. The summed E-state index contributed by atoms with van der Waals surface area (Å²) >= 11 is 3.19. The highest BCUT2D eigenvalue weighted by molar-refractivity contribution is 9.10. The molecular formula is C14H17BrF2N4. The molecule has 1 aromatic carbocycles. The quantitative estimate of drug-likeness (QED) is 0.888. The van der Waals surface area contributed by atoms with E-state index in [1.165, 1.54) is 10.7 Å². The molecule has 1 aromatic heterocycles. The minimum Gasteiger partial charge on any atom is -0.312 e. The molecule has 0 fully saturated rings. The van der Waals surface area contributed by atoms with Gasteiger partial charge in [0.15, 0.2) is 5.82 Å². The molecule has 0 spiro atoms. The Bertz CT molecular complexity index is 615. The van der Waals surface area contributed by atoms with E-state index in [1.807, 2.05) is 20.9 Å². The minimum absolute atomic E-state index is 0.0518. The summed E-state index contributed by atoms with van der Waals surface area (Å²) in [6.07, 6.45) is 1.49. The van der Waals surface area contributed by atoms with Crippen molar-refractivity contribution in [3.8, 4) is 5.69 Å². The molecule has 0 bridgehead atoms. The van der Waals surface area contributed by atoms with Crippen LogP contribution < -0.4 is 5.32 Å². The predicted molar refractivity (Wildman–Crippen MR) is 80.4 cm³/mol. The number of nitrogens with one attached hydrogen (secondary N) is 1. The second-order valence-corrected chi connectivity index (χ2v) is 5.51. The summed E-state index contributed by atoms with van der Waals surface area (Å²) in [6, 6.07) is 2.11. The zero-order valence-electron chi connectivity index (χ0n) is 12.1. The summed E-state index contributed by atoms with van der Waals surface area (Å²) in [6.45, 7) is 3.99. The van der Waals surface area contributed by atoms with E-state index in [1.54, 1.807) is 0 Å². The van der Waals surface area contributed by atoms with Crippen molar-refractivity contribution in [3.05, 3.63) is 39.6 Å². The van der Waals surface area contributed by atoms with Crippen LogP contribution in [0.15, 0.2) is 16.6 Å². The van der Waals surface area contributed by atoms with Crippen LogP contribution in [0.2, 0.25) is 0 Å². The number of nitrogens with zero attached hydrogens (tertiary/aromatic N) is 3. The van der Waals surface area contributed by atoms with Gasteiger partial charge in [-0.2, -0.15) is 0 Å². The fourth-order valence-electron chi connectivity index (χ4n) is 2.37. The summed E-state index contributed by atoms with van der Waals surface area (Å²) in [5.41, 5.74) is 1.78. The second-order valence-electron chi connectivity index (χ2n) is 4.65. The average molecular weight is 359 g/mol. The van der Waals surface area contributed by atoms with Crippen molar-refractivity contribution >= 4 is 15.9 Å². The first-order valence-corrected chi connectivity index (χ1v) is 7.59. The highest BCUT2D eigenvalue weighted by Crippen LogP contribution is 2.28. The molecule has 7 heteroatoms. The van der Waals surface area contributed by atoms with Gasteiger partial charge in [-0.3, -0.25) is 0 Å². The van der Waals surface area contributed by atoms with Gasteiger partial charge in [0.1, 0.15) is 17.2 Å². The first kappa shape index (κ1) is 16.0. The average Bonchev–Trinajstić information content (AvgIpc) is 2.83. The molecule has 0 aliphatic carbocycles. The van der Waals surface area contributed by atoms with E-state index < -0.39 is 11.6 Å². The van der Waals surface area contributed by atoms with E-state index in [4.69, 9.17) is 0 Å². The van der Waals surface area contributed by atoms with Gasteiger partial charge in [-0.25, -0.2) is 13.5 Å². The molecule has 0 radical (unpaired) electrons. The number of halogens is 3. The van der Waals surface area contributed by atoms with E-state index in [0.29, 0.717) is 10.9 Å². The maximum absolute atomic E-state index is 14.1. The first-order valence-electron chi connectivity index (χ1n) is 6.80. The lowest BCUT2D eigenvalue weighted by Gasteiger charge is -2.14. The van der Waals surface area contributed by atoms with Gasteiger partial charge in [0.2, 0.25) is 0 Å². The topological polar surface area (TPSA) is 42.7 Å². The van der Waals surface area contributed by atoms with Crippen molar-refractivity contribution in [1.82, 2.24) is 20.3 Å². The molecule has 2 aromatic rings. The van der Waals surface area contributed by atoms with Gasteiger partial charge in [0, 0.05) is 10.5 Å². The summed E-state index contributed by atoms with van der Waals surface area (Å²) in [5.74, 6) is -1.31. The van der Waals surface area contributed by atoms with Crippen molar-refractivity contribution in [2.45, 2.75) is 32.7 Å². The number of hydrogen-bond acceptors (Lipinski definition) is 3. The van der Waals surface area contributed by atoms with Crippen LogP contribution in [0.25, 0.3) is 5.69 Å². The molecule has 0 saturated carbocycles. The monoisotopic (exact) mass is 358 g/mol. The van der Waals surface area contributed by atoms with Crippen LogP contribution >= 0.6 is 15.9 Å². The van der Waals surface area contributed by atoms with Gasteiger partial charge in [-0.1, -0.05) is 19.1 Å². The van der Waals surface area contributed by atoms with Crippen molar-refractivity contribution in [3.63, 3.8) is 0 Å². The van der Waals surface area contributed by atoms with Crippen LogP contribution in [-0.2, 0) is 6.42 Å². The smallest absolute Gasteiger partial charge is 0.153 e. The van der Waals surface area contributed by atoms with Crippen LogP contribution in [0.1, 0.15) is 37.7 Å². The molecule has 21 heavy (non-hydrogen) atoms. The highest BCUT2D eigenvalue weighted by atomic mass is 79.9. The molecule has 4 nitrogen and oxygen atoms in total. The summed E-state index contributed by atoms with van der Waals surface area (Å²) in [7, 11) is 1.85. The Balaban J connectivity index is 2.61. The lowest BCUT2D eigenvalue weighted by atomic mass is 10.1. The van der Waals surface area contributed by atoms with Gasteiger partial charge in [0.25, 0.3) is 0 Å². The summed E-state index contributed by atoms with van der Waals surface area (Å²) < 4.78 is 29.1. The van der Waals surface area contributed by atoms with Gasteiger partial charge >= 0.3 is 0 Å². The Morgan fingerprint density at radius 2 is 2.05 bits per heavy atom. The first-order chi connectivity index (χ1) is 10.0. The predicted octanol–water partition coefficient (Wildman–Crippen LogP) is 3.54. The third-order valence-electron chi connectivity index (χ3n) is 3.41. The molecule has 114 valence electrons. The Morgan fingerprint density at radius 1 is 1.33 bits per heavy atom. The van der Waals surface area contributed by atoms with E-state index in [2.05, 4.69) is 31.6 Å². The minimum atomic E-state index is -0.675. The Labute approximate surface area is 130 Å². The lowest BCUT2D eigenvalue weighted by Crippen LogP contribution is -2.18. The van der Waals surface area contributed by atoms with Gasteiger partial charge in [-0.05, 0) is 41.9 Å². The van der Waals surface area contributed by atoms with Gasteiger partial charge in [0.05, 0.1) is 11.7 Å². The summed E-state index contributed by atoms with van der Waals surface area (Å²) in [4.78, 5) is 0. The Kier molecular flexibility index (Phi) is 5.05. The van der Waals surface area contributed by atoms with Crippen molar-refractivity contribution in [2.75, 3.05) is 7.05 Å². The largest absolute Gasteiger partial charge is 0.312 e. The van der Waals surface area contributed by atoms with Gasteiger partial charge in [-0.15, -0.1) is 5.10 Å². The number of benzene rings is 1. The molecule has 1 unspecified atom stereocenters. The van der Waals surface area contributed by atoms with E-state index in [9.17, 15) is 8.78 Å². The maximum atomic E-state index is 14.1. The lowest BCUT2D eigenvalue weighted by molar-refractivity contribution is 0.555. The summed E-state index contributed by atoms with van der Waals surface area (Å²) in [5, 5.41) is 11.4. The fourth-order valence-corrected chi connectivity index (χ4v) is 2.94. The van der Waals surface area contributed by atoms with Crippen molar-refractivity contribution in [1.29, 1.82) is 0 Å². The van der Waals surface area contributed by atoms with Crippen LogP contribution in [0.3, 0.4) is 0 Å². The molecule has 2 rings (SSSR count). The zero-order chi connectivity index (χ0) is 15.6. The van der Waals surface area contributed by atoms with Crippen LogP contribution in [0.5, 0.6) is 0 Å². The Morgan fingerprint density at radius 3 is 2.57 bits per heavy atom. The standard InChI is InChI=1S/C14H17BrF2N4/c1-4-11(18-3)13-12(5-2)21(20-19-13)14-9(15)6-8(16)7-10(14)17/h6-7,11,18H,4-5H2,1-3H3. The molecule has 0 aliphatic heterocycles. The van der Waals surface area contributed by atoms with Crippen LogP contribution in [0.4, 0.5) is 8.78 Å². The number of aromatic nitrogens is 3. The Hall–Kier alpha value is -1.34. The highest BCUT2D eigenvalue weighted by Gasteiger charge is 2.22. The molecular weight excluding hydrogens is 342 g/mol. The third kappa shape index (κ3) is 2.98. The third-order valence-corrected chi connectivity index (χ3v) is 4.01. The molecule has 0 amide bonds. The fraction of sp³-hybridized carbons (Fsp3) is 0.429. The van der Waals surface area contributed by atoms with Gasteiger partial charge < -0.3 is 5.32 Å². The normalized spacial score (nSPS) is 12.7. The maximum Gasteiger partial charge on any atom is 0.153 e.